The van der Waals surface area contributed by atoms with Crippen LogP contribution in [0.15, 0.2) is 46.9 Å². The van der Waals surface area contributed by atoms with Crippen LogP contribution in [0.2, 0.25) is 0 Å². The molecule has 0 aliphatic rings. The van der Waals surface area contributed by atoms with Crippen LogP contribution >= 0.6 is 15.9 Å². The number of hydrogen-bond acceptors (Lipinski definition) is 5. The molecule has 0 bridgehead atoms. The zero-order valence-electron chi connectivity index (χ0n) is 13.9. The van der Waals surface area contributed by atoms with E-state index in [1.54, 1.807) is 42.5 Å². The molecule has 0 aliphatic heterocycles. The number of para-hydroxylation sites is 2. The fourth-order valence-corrected chi connectivity index (χ4v) is 2.43. The summed E-state index contributed by atoms with van der Waals surface area (Å²) in [5.74, 6) is -0.582. The predicted octanol–water partition coefficient (Wildman–Crippen LogP) is 3.61. The van der Waals surface area contributed by atoms with Gasteiger partial charge in [-0.05, 0) is 44.2 Å². The van der Waals surface area contributed by atoms with Gasteiger partial charge in [-0.3, -0.25) is 4.79 Å². The number of anilines is 2. The number of nitrogens with one attached hydrogen (secondary N) is 1. The van der Waals surface area contributed by atoms with Gasteiger partial charge in [-0.1, -0.05) is 28.1 Å². The first kappa shape index (κ1) is 18.8. The Bertz CT molecular complexity index is 779. The van der Waals surface area contributed by atoms with E-state index in [9.17, 15) is 9.59 Å². The zero-order valence-corrected chi connectivity index (χ0v) is 15.5. The summed E-state index contributed by atoms with van der Waals surface area (Å²) in [6, 6.07) is 11.9. The van der Waals surface area contributed by atoms with Crippen molar-refractivity contribution in [1.82, 2.24) is 0 Å². The third-order valence-corrected chi connectivity index (χ3v) is 3.83. The molecule has 3 N–H and O–H groups in total. The van der Waals surface area contributed by atoms with Gasteiger partial charge in [0.15, 0.2) is 6.10 Å². The number of rotatable bonds is 6. The van der Waals surface area contributed by atoms with Crippen molar-refractivity contribution in [3.8, 4) is 5.75 Å². The molecular weight excluding hydrogens is 388 g/mol. The lowest BCUT2D eigenvalue weighted by atomic mass is 10.2. The van der Waals surface area contributed by atoms with Crippen molar-refractivity contribution in [2.75, 3.05) is 17.7 Å². The molecule has 0 aromatic heterocycles. The standard InChI is InChI=1S/C18H19BrN2O4/c1-3-24-16-7-5-4-6-15(16)21-17(22)11(2)25-18(23)13-10-12(19)8-9-14(13)20/h4-11H,3,20H2,1-2H3,(H,21,22)/t11-/m1/s1. The molecule has 132 valence electrons. The van der Waals surface area contributed by atoms with Crippen LogP contribution in [0.1, 0.15) is 24.2 Å². The quantitative estimate of drug-likeness (QED) is 0.564. The second-order valence-electron chi connectivity index (χ2n) is 5.20. The van der Waals surface area contributed by atoms with E-state index in [4.69, 9.17) is 15.2 Å². The molecule has 0 heterocycles. The van der Waals surface area contributed by atoms with Crippen LogP contribution in [0.3, 0.4) is 0 Å². The van der Waals surface area contributed by atoms with Crippen LogP contribution < -0.4 is 15.8 Å². The number of carbonyl (C=O) groups excluding carboxylic acids is 2. The SMILES string of the molecule is CCOc1ccccc1NC(=O)[C@@H](C)OC(=O)c1cc(Br)ccc1N. The molecule has 1 amide bonds. The summed E-state index contributed by atoms with van der Waals surface area (Å²) in [5, 5.41) is 2.70. The summed E-state index contributed by atoms with van der Waals surface area (Å²) < 4.78 is 11.4. The molecule has 7 heteroatoms. The zero-order chi connectivity index (χ0) is 18.4. The van der Waals surface area contributed by atoms with Gasteiger partial charge in [0.25, 0.3) is 5.91 Å². The Kier molecular flexibility index (Phi) is 6.41. The van der Waals surface area contributed by atoms with E-state index in [2.05, 4.69) is 21.2 Å². The highest BCUT2D eigenvalue weighted by molar-refractivity contribution is 9.10. The van der Waals surface area contributed by atoms with E-state index in [-0.39, 0.29) is 11.3 Å². The van der Waals surface area contributed by atoms with Gasteiger partial charge in [-0.25, -0.2) is 4.79 Å². The molecule has 2 aromatic rings. The average molecular weight is 407 g/mol. The van der Waals surface area contributed by atoms with Crippen molar-refractivity contribution in [3.63, 3.8) is 0 Å². The van der Waals surface area contributed by atoms with E-state index in [1.807, 2.05) is 6.92 Å². The largest absolute Gasteiger partial charge is 0.492 e. The van der Waals surface area contributed by atoms with Crippen LogP contribution in [0.4, 0.5) is 11.4 Å². The number of ether oxygens (including phenoxy) is 2. The van der Waals surface area contributed by atoms with Gasteiger partial charge in [-0.15, -0.1) is 0 Å². The smallest absolute Gasteiger partial charge is 0.341 e. The second kappa shape index (κ2) is 8.53. The Balaban J connectivity index is 2.05. The molecule has 0 spiro atoms. The van der Waals surface area contributed by atoms with Crippen molar-refractivity contribution >= 4 is 39.2 Å². The monoisotopic (exact) mass is 406 g/mol. The van der Waals surface area contributed by atoms with Gasteiger partial charge in [0.1, 0.15) is 5.75 Å². The third-order valence-electron chi connectivity index (χ3n) is 3.33. The topological polar surface area (TPSA) is 90.6 Å². The molecule has 25 heavy (non-hydrogen) atoms. The maximum atomic E-state index is 12.3. The number of nitrogens with two attached hydrogens (primary N) is 1. The van der Waals surface area contributed by atoms with E-state index in [1.165, 1.54) is 6.92 Å². The third kappa shape index (κ3) is 4.96. The number of benzene rings is 2. The van der Waals surface area contributed by atoms with Gasteiger partial charge in [0.2, 0.25) is 0 Å². The van der Waals surface area contributed by atoms with E-state index in [0.29, 0.717) is 22.5 Å². The lowest BCUT2D eigenvalue weighted by Crippen LogP contribution is -2.30. The summed E-state index contributed by atoms with van der Waals surface area (Å²) in [6.07, 6.45) is -0.999. The van der Waals surface area contributed by atoms with Crippen molar-refractivity contribution in [2.24, 2.45) is 0 Å². The van der Waals surface area contributed by atoms with Crippen molar-refractivity contribution < 1.29 is 19.1 Å². The Hall–Kier alpha value is -2.54. The van der Waals surface area contributed by atoms with Crippen molar-refractivity contribution in [2.45, 2.75) is 20.0 Å². The molecule has 0 unspecified atom stereocenters. The molecule has 0 fully saturated rings. The average Bonchev–Trinajstić information content (AvgIpc) is 2.58. The molecule has 2 rings (SSSR count). The summed E-state index contributed by atoms with van der Waals surface area (Å²) in [4.78, 5) is 24.5. The maximum Gasteiger partial charge on any atom is 0.341 e. The van der Waals surface area contributed by atoms with E-state index >= 15 is 0 Å². The Morgan fingerprint density at radius 3 is 2.68 bits per heavy atom. The molecular formula is C18H19BrN2O4. The predicted molar refractivity (Wildman–Crippen MR) is 99.7 cm³/mol. The lowest BCUT2D eigenvalue weighted by Gasteiger charge is -2.16. The first-order chi connectivity index (χ1) is 11.9. The van der Waals surface area contributed by atoms with Crippen LogP contribution in [0.5, 0.6) is 5.75 Å². The van der Waals surface area contributed by atoms with Gasteiger partial charge >= 0.3 is 5.97 Å². The minimum atomic E-state index is -0.999. The Labute approximate surface area is 154 Å². The van der Waals surface area contributed by atoms with Crippen LogP contribution in [0.25, 0.3) is 0 Å². The highest BCUT2D eigenvalue weighted by Crippen LogP contribution is 2.24. The molecule has 0 saturated heterocycles. The van der Waals surface area contributed by atoms with Gasteiger partial charge in [0, 0.05) is 10.2 Å². The number of nitrogen functional groups attached to an aromatic ring is 1. The molecule has 1 atom stereocenters. The Morgan fingerprint density at radius 1 is 1.24 bits per heavy atom. The van der Waals surface area contributed by atoms with Gasteiger partial charge in [0.05, 0.1) is 17.9 Å². The molecule has 0 aliphatic carbocycles. The number of esters is 1. The van der Waals surface area contributed by atoms with Crippen LogP contribution in [-0.2, 0) is 9.53 Å². The highest BCUT2D eigenvalue weighted by atomic mass is 79.9. The van der Waals surface area contributed by atoms with Crippen LogP contribution in [0, 0.1) is 0 Å². The first-order valence-electron chi connectivity index (χ1n) is 7.71. The second-order valence-corrected chi connectivity index (χ2v) is 6.11. The number of hydrogen-bond donors (Lipinski definition) is 2. The summed E-state index contributed by atoms with van der Waals surface area (Å²) in [5.41, 5.74) is 6.77. The summed E-state index contributed by atoms with van der Waals surface area (Å²) in [6.45, 7) is 3.82. The van der Waals surface area contributed by atoms with Crippen LogP contribution in [-0.4, -0.2) is 24.6 Å². The van der Waals surface area contributed by atoms with Gasteiger partial charge in [-0.2, -0.15) is 0 Å². The van der Waals surface area contributed by atoms with Crippen molar-refractivity contribution in [3.05, 3.63) is 52.5 Å². The number of carbonyl (C=O) groups is 2. The minimum absolute atomic E-state index is 0.198. The number of amides is 1. The summed E-state index contributed by atoms with van der Waals surface area (Å²) in [7, 11) is 0. The molecule has 6 nitrogen and oxygen atoms in total. The molecule has 0 radical (unpaired) electrons. The van der Waals surface area contributed by atoms with Crippen molar-refractivity contribution in [1.29, 1.82) is 0 Å². The minimum Gasteiger partial charge on any atom is -0.492 e. The summed E-state index contributed by atoms with van der Waals surface area (Å²) >= 11 is 3.27. The maximum absolute atomic E-state index is 12.3. The molecule has 2 aromatic carbocycles. The lowest BCUT2D eigenvalue weighted by molar-refractivity contribution is -0.123. The number of halogens is 1. The normalized spacial score (nSPS) is 11.5. The Morgan fingerprint density at radius 2 is 1.96 bits per heavy atom. The van der Waals surface area contributed by atoms with E-state index < -0.39 is 18.0 Å². The highest BCUT2D eigenvalue weighted by Gasteiger charge is 2.21. The van der Waals surface area contributed by atoms with E-state index in [0.717, 1.165) is 0 Å². The molecule has 0 saturated carbocycles. The fraction of sp³-hybridized carbons (Fsp3) is 0.222. The van der Waals surface area contributed by atoms with Gasteiger partial charge < -0.3 is 20.5 Å². The fourth-order valence-electron chi connectivity index (χ4n) is 2.07. The first-order valence-corrected chi connectivity index (χ1v) is 8.50.